The largest absolute Gasteiger partial charge is 0.328 e. The minimum absolute atomic E-state index is 0.123. The van der Waals surface area contributed by atoms with Crippen LogP contribution in [0.25, 0.3) is 44.3 Å². The van der Waals surface area contributed by atoms with Crippen molar-refractivity contribution in [1.29, 1.82) is 0 Å². The van der Waals surface area contributed by atoms with Crippen LogP contribution in [-0.4, -0.2) is 25.3 Å². The Morgan fingerprint density at radius 3 is 2.55 bits per heavy atom. The second-order valence-corrected chi connectivity index (χ2v) is 8.24. The summed E-state index contributed by atoms with van der Waals surface area (Å²) in [4.78, 5) is 25.1. The molecule has 0 bridgehead atoms. The molecule has 0 spiro atoms. The van der Waals surface area contributed by atoms with Crippen LogP contribution in [-0.2, 0) is 4.79 Å². The van der Waals surface area contributed by atoms with Crippen LogP contribution in [0.5, 0.6) is 0 Å². The second-order valence-electron chi connectivity index (χ2n) is 7.88. The molecule has 5 nitrogen and oxygen atoms in total. The van der Waals surface area contributed by atoms with Gasteiger partial charge in [0.05, 0.1) is 16.6 Å². The zero-order valence-electron chi connectivity index (χ0n) is 16.5. The van der Waals surface area contributed by atoms with Crippen LogP contribution in [0.1, 0.15) is 18.9 Å². The number of carbonyl (C=O) groups is 1. The van der Waals surface area contributed by atoms with Crippen molar-refractivity contribution in [3.8, 4) is 22.4 Å². The second kappa shape index (κ2) is 7.00. The van der Waals surface area contributed by atoms with Gasteiger partial charge in [-0.2, -0.15) is 0 Å². The topological polar surface area (TPSA) is 60.7 Å². The molecule has 0 N–H and O–H groups in total. The van der Waals surface area contributed by atoms with Crippen LogP contribution in [0.3, 0.4) is 0 Å². The Balaban J connectivity index is 1.52. The lowest BCUT2D eigenvalue weighted by molar-refractivity contribution is -0.126. The maximum Gasteiger partial charge on any atom is 0.145 e. The van der Waals surface area contributed by atoms with E-state index in [4.69, 9.17) is 16.6 Å². The monoisotopic (exact) mass is 424 g/mol. The molecule has 6 rings (SSSR count). The Morgan fingerprint density at radius 2 is 1.74 bits per heavy atom. The SMILES string of the molecule is O=C1CC(n2cc(-c3ccc4ccc(-c5ccccc5)nc4c3)c3c(Cl)ncnc32)C1. The van der Waals surface area contributed by atoms with Gasteiger partial charge in [-0.15, -0.1) is 0 Å². The number of fused-ring (bicyclic) bond motifs is 2. The maximum atomic E-state index is 11.6. The molecular weight excluding hydrogens is 408 g/mol. The van der Waals surface area contributed by atoms with Crippen LogP contribution in [0.15, 0.2) is 73.2 Å². The molecule has 0 saturated heterocycles. The number of ketones is 1. The van der Waals surface area contributed by atoms with E-state index in [1.54, 1.807) is 0 Å². The third-order valence-electron chi connectivity index (χ3n) is 5.96. The van der Waals surface area contributed by atoms with Crippen molar-refractivity contribution in [1.82, 2.24) is 19.5 Å². The summed E-state index contributed by atoms with van der Waals surface area (Å²) in [6.07, 6.45) is 4.58. The van der Waals surface area contributed by atoms with E-state index >= 15 is 0 Å². The molecule has 0 radical (unpaired) electrons. The molecule has 6 heteroatoms. The van der Waals surface area contributed by atoms with E-state index in [0.717, 1.165) is 44.3 Å². The fraction of sp³-hybridized carbons (Fsp3) is 0.120. The summed E-state index contributed by atoms with van der Waals surface area (Å²) in [5.41, 5.74) is 5.63. The van der Waals surface area contributed by atoms with Crippen molar-refractivity contribution in [3.05, 3.63) is 78.3 Å². The first-order chi connectivity index (χ1) is 15.2. The van der Waals surface area contributed by atoms with Gasteiger partial charge < -0.3 is 4.57 Å². The number of hydrogen-bond acceptors (Lipinski definition) is 4. The molecule has 3 aromatic heterocycles. The summed E-state index contributed by atoms with van der Waals surface area (Å²) in [7, 11) is 0. The maximum absolute atomic E-state index is 11.6. The fourth-order valence-corrected chi connectivity index (χ4v) is 4.49. The van der Waals surface area contributed by atoms with E-state index in [-0.39, 0.29) is 11.8 Å². The normalized spacial score (nSPS) is 14.3. The molecule has 1 aliphatic carbocycles. The summed E-state index contributed by atoms with van der Waals surface area (Å²) in [6, 6.07) is 20.6. The van der Waals surface area contributed by atoms with E-state index in [0.29, 0.717) is 18.0 Å². The standard InChI is InChI=1S/C25H17ClN4O/c26-24-23-20(13-30(18-11-19(31)12-18)25(23)28-14-27-24)17-7-6-16-8-9-21(29-22(16)10-17)15-4-2-1-3-5-15/h1-10,13-14,18H,11-12H2. The first-order valence-electron chi connectivity index (χ1n) is 10.2. The first kappa shape index (κ1) is 18.2. The predicted molar refractivity (Wildman–Crippen MR) is 122 cm³/mol. The number of benzene rings is 2. The number of halogens is 1. The lowest BCUT2D eigenvalue weighted by Crippen LogP contribution is -2.26. The third-order valence-corrected chi connectivity index (χ3v) is 6.24. The third kappa shape index (κ3) is 3.01. The Kier molecular flexibility index (Phi) is 4.11. The van der Waals surface area contributed by atoms with Gasteiger partial charge in [0.15, 0.2) is 0 Å². The fourth-order valence-electron chi connectivity index (χ4n) is 4.26. The van der Waals surface area contributed by atoms with E-state index in [1.165, 1.54) is 6.33 Å². The highest BCUT2D eigenvalue weighted by Gasteiger charge is 2.30. The average molecular weight is 425 g/mol. The molecule has 2 aromatic carbocycles. The van der Waals surface area contributed by atoms with Crippen molar-refractivity contribution in [2.24, 2.45) is 0 Å². The minimum atomic E-state index is 0.123. The van der Waals surface area contributed by atoms with Crippen LogP contribution in [0.4, 0.5) is 0 Å². The summed E-state index contributed by atoms with van der Waals surface area (Å²) >= 11 is 6.50. The summed E-state index contributed by atoms with van der Waals surface area (Å²) < 4.78 is 2.07. The number of Topliss-reactive ketones (excluding diaryl/α,β-unsaturated/α-hetero) is 1. The molecule has 0 aliphatic heterocycles. The number of carbonyl (C=O) groups excluding carboxylic acids is 1. The summed E-state index contributed by atoms with van der Waals surface area (Å²) in [5, 5.41) is 2.29. The Bertz CT molecular complexity index is 1470. The van der Waals surface area contributed by atoms with Crippen molar-refractivity contribution >= 4 is 39.3 Å². The lowest BCUT2D eigenvalue weighted by Gasteiger charge is -2.26. The van der Waals surface area contributed by atoms with E-state index in [1.807, 2.05) is 30.5 Å². The predicted octanol–water partition coefficient (Wildman–Crippen LogP) is 5.87. The number of nitrogens with zero attached hydrogens (tertiary/aromatic N) is 4. The van der Waals surface area contributed by atoms with Crippen molar-refractivity contribution in [2.75, 3.05) is 0 Å². The molecule has 1 aliphatic rings. The molecular formula is C25H17ClN4O. The first-order valence-corrected chi connectivity index (χ1v) is 10.5. The molecule has 1 saturated carbocycles. The van der Waals surface area contributed by atoms with E-state index < -0.39 is 0 Å². The van der Waals surface area contributed by atoms with Gasteiger partial charge in [-0.05, 0) is 17.7 Å². The molecule has 150 valence electrons. The minimum Gasteiger partial charge on any atom is -0.328 e. The van der Waals surface area contributed by atoms with Gasteiger partial charge in [0.2, 0.25) is 0 Å². The van der Waals surface area contributed by atoms with Crippen LogP contribution < -0.4 is 0 Å². The van der Waals surface area contributed by atoms with Crippen LogP contribution in [0, 0.1) is 0 Å². The van der Waals surface area contributed by atoms with Gasteiger partial charge in [0.1, 0.15) is 22.9 Å². The smallest absolute Gasteiger partial charge is 0.145 e. The highest BCUT2D eigenvalue weighted by atomic mass is 35.5. The van der Waals surface area contributed by atoms with Crippen molar-refractivity contribution in [2.45, 2.75) is 18.9 Å². The molecule has 0 amide bonds. The Labute approximate surface area is 183 Å². The highest BCUT2D eigenvalue weighted by molar-refractivity contribution is 6.35. The highest BCUT2D eigenvalue weighted by Crippen LogP contribution is 2.39. The van der Waals surface area contributed by atoms with Gasteiger partial charge in [0.25, 0.3) is 0 Å². The zero-order valence-corrected chi connectivity index (χ0v) is 17.3. The Morgan fingerprint density at radius 1 is 0.935 bits per heavy atom. The summed E-state index contributed by atoms with van der Waals surface area (Å²) in [6.45, 7) is 0. The number of pyridine rings is 1. The van der Waals surface area contributed by atoms with Gasteiger partial charge in [0, 0.05) is 41.6 Å². The van der Waals surface area contributed by atoms with Crippen LogP contribution >= 0.6 is 11.6 Å². The van der Waals surface area contributed by atoms with Crippen molar-refractivity contribution < 1.29 is 4.79 Å². The summed E-state index contributed by atoms with van der Waals surface area (Å²) in [5.74, 6) is 0.275. The molecule has 3 heterocycles. The molecule has 1 fully saturated rings. The van der Waals surface area contributed by atoms with Crippen molar-refractivity contribution in [3.63, 3.8) is 0 Å². The molecule has 5 aromatic rings. The van der Waals surface area contributed by atoms with Gasteiger partial charge in [-0.25, -0.2) is 15.0 Å². The van der Waals surface area contributed by atoms with E-state index in [2.05, 4.69) is 50.9 Å². The van der Waals surface area contributed by atoms with Gasteiger partial charge in [-0.1, -0.05) is 60.1 Å². The molecule has 0 atom stereocenters. The number of rotatable bonds is 3. The van der Waals surface area contributed by atoms with Gasteiger partial charge >= 0.3 is 0 Å². The Hall–Kier alpha value is -3.57. The number of hydrogen-bond donors (Lipinski definition) is 0. The van der Waals surface area contributed by atoms with Crippen LogP contribution in [0.2, 0.25) is 5.15 Å². The number of aromatic nitrogens is 4. The van der Waals surface area contributed by atoms with E-state index in [9.17, 15) is 4.79 Å². The zero-order chi connectivity index (χ0) is 20.9. The molecule has 0 unspecified atom stereocenters. The molecule has 31 heavy (non-hydrogen) atoms. The lowest BCUT2D eigenvalue weighted by atomic mass is 9.91. The van der Waals surface area contributed by atoms with Gasteiger partial charge in [-0.3, -0.25) is 4.79 Å². The average Bonchev–Trinajstić information content (AvgIpc) is 3.17. The quantitative estimate of drug-likeness (QED) is 0.340.